The summed E-state index contributed by atoms with van der Waals surface area (Å²) in [5.41, 5.74) is 0. The summed E-state index contributed by atoms with van der Waals surface area (Å²) < 4.78 is 0. The molecule has 104 valence electrons. The van der Waals surface area contributed by atoms with Crippen LogP contribution in [0.25, 0.3) is 0 Å². The van der Waals surface area contributed by atoms with Gasteiger partial charge in [0.2, 0.25) is 11.8 Å². The van der Waals surface area contributed by atoms with Gasteiger partial charge in [-0.1, -0.05) is 0 Å². The fourth-order valence-electron chi connectivity index (χ4n) is 2.13. The molecule has 1 fully saturated rings. The molecule has 0 atom stereocenters. The third-order valence-electron chi connectivity index (χ3n) is 3.40. The van der Waals surface area contributed by atoms with Crippen molar-refractivity contribution in [1.29, 1.82) is 0 Å². The van der Waals surface area contributed by atoms with Crippen molar-refractivity contribution in [2.75, 3.05) is 33.7 Å². The number of hydrogen-bond donors (Lipinski definition) is 2. The van der Waals surface area contributed by atoms with Crippen LogP contribution in [0.5, 0.6) is 0 Å². The van der Waals surface area contributed by atoms with Crippen LogP contribution in [0.15, 0.2) is 0 Å². The highest BCUT2D eigenvalue weighted by atomic mass is 16.2. The molecule has 0 bridgehead atoms. The quantitative estimate of drug-likeness (QED) is 0.720. The van der Waals surface area contributed by atoms with E-state index in [4.69, 9.17) is 0 Å². The molecular weight excluding hydrogens is 230 g/mol. The molecule has 0 aromatic rings. The van der Waals surface area contributed by atoms with Gasteiger partial charge in [-0.2, -0.15) is 0 Å². The summed E-state index contributed by atoms with van der Waals surface area (Å²) in [5, 5.41) is 6.12. The van der Waals surface area contributed by atoms with Crippen molar-refractivity contribution in [1.82, 2.24) is 15.5 Å². The second kappa shape index (κ2) is 8.08. The Morgan fingerprint density at radius 2 is 1.89 bits per heavy atom. The van der Waals surface area contributed by atoms with Crippen LogP contribution in [0, 0.1) is 5.92 Å². The average molecular weight is 255 g/mol. The molecule has 0 unspecified atom stereocenters. The summed E-state index contributed by atoms with van der Waals surface area (Å²) in [6.07, 6.45) is 4.28. The fraction of sp³-hybridized carbons (Fsp3) is 0.846. The second-order valence-corrected chi connectivity index (χ2v) is 5.12. The van der Waals surface area contributed by atoms with Crippen LogP contribution in [0.4, 0.5) is 0 Å². The van der Waals surface area contributed by atoms with E-state index in [9.17, 15) is 9.59 Å². The minimum Gasteiger partial charge on any atom is -0.356 e. The van der Waals surface area contributed by atoms with E-state index in [0.717, 1.165) is 19.5 Å². The third-order valence-corrected chi connectivity index (χ3v) is 3.40. The van der Waals surface area contributed by atoms with Crippen molar-refractivity contribution in [3.63, 3.8) is 0 Å². The fourth-order valence-corrected chi connectivity index (χ4v) is 2.13. The Morgan fingerprint density at radius 1 is 1.22 bits per heavy atom. The first-order chi connectivity index (χ1) is 8.59. The number of nitrogens with one attached hydrogen (secondary N) is 2. The number of piperidine rings is 1. The smallest absolute Gasteiger partial charge is 0.223 e. The van der Waals surface area contributed by atoms with Crippen LogP contribution in [0.1, 0.15) is 32.1 Å². The zero-order valence-electron chi connectivity index (χ0n) is 11.5. The molecule has 5 heteroatoms. The van der Waals surface area contributed by atoms with Gasteiger partial charge in [0, 0.05) is 33.5 Å². The molecule has 1 saturated heterocycles. The summed E-state index contributed by atoms with van der Waals surface area (Å²) in [6, 6.07) is 0. The number of hydrogen-bond acceptors (Lipinski definition) is 3. The first kappa shape index (κ1) is 15.0. The number of rotatable bonds is 6. The maximum atomic E-state index is 11.6. The Bertz CT molecular complexity index is 273. The van der Waals surface area contributed by atoms with Gasteiger partial charge in [0.1, 0.15) is 0 Å². The molecule has 2 amide bonds. The zero-order valence-corrected chi connectivity index (χ0v) is 11.5. The molecule has 0 radical (unpaired) electrons. The largest absolute Gasteiger partial charge is 0.356 e. The average Bonchev–Trinajstić information content (AvgIpc) is 2.37. The molecule has 0 aromatic carbocycles. The lowest BCUT2D eigenvalue weighted by Crippen LogP contribution is -2.31. The SMILES string of the molecule is CN(C)C(=O)CCNC(=O)CCC1CCNCC1. The van der Waals surface area contributed by atoms with E-state index in [1.165, 1.54) is 12.8 Å². The predicted octanol–water partition coefficient (Wildman–Crippen LogP) is 0.361. The molecule has 1 aliphatic heterocycles. The van der Waals surface area contributed by atoms with Gasteiger partial charge < -0.3 is 15.5 Å². The van der Waals surface area contributed by atoms with Gasteiger partial charge in [0.05, 0.1) is 0 Å². The summed E-state index contributed by atoms with van der Waals surface area (Å²) >= 11 is 0. The number of carbonyl (C=O) groups is 2. The normalized spacial score (nSPS) is 16.3. The number of carbonyl (C=O) groups excluding carboxylic acids is 2. The van der Waals surface area contributed by atoms with Crippen molar-refractivity contribution < 1.29 is 9.59 Å². The lowest BCUT2D eigenvalue weighted by Gasteiger charge is -2.22. The van der Waals surface area contributed by atoms with Crippen LogP contribution in [-0.4, -0.2) is 50.4 Å². The van der Waals surface area contributed by atoms with E-state index in [2.05, 4.69) is 10.6 Å². The Kier molecular flexibility index (Phi) is 6.72. The van der Waals surface area contributed by atoms with Crippen molar-refractivity contribution in [3.8, 4) is 0 Å². The molecule has 1 rings (SSSR count). The highest BCUT2D eigenvalue weighted by molar-refractivity contribution is 5.78. The zero-order chi connectivity index (χ0) is 13.4. The van der Waals surface area contributed by atoms with Crippen molar-refractivity contribution in [3.05, 3.63) is 0 Å². The van der Waals surface area contributed by atoms with E-state index < -0.39 is 0 Å². The van der Waals surface area contributed by atoms with E-state index in [-0.39, 0.29) is 11.8 Å². The molecule has 2 N–H and O–H groups in total. The topological polar surface area (TPSA) is 61.4 Å². The standard InChI is InChI=1S/C13H25N3O2/c1-16(2)13(18)7-10-15-12(17)4-3-11-5-8-14-9-6-11/h11,14H,3-10H2,1-2H3,(H,15,17). The van der Waals surface area contributed by atoms with Gasteiger partial charge in [-0.05, 0) is 38.3 Å². The van der Waals surface area contributed by atoms with Gasteiger partial charge in [0.15, 0.2) is 0 Å². The Labute approximate surface area is 109 Å². The molecule has 1 heterocycles. The molecule has 0 aliphatic carbocycles. The summed E-state index contributed by atoms with van der Waals surface area (Å²) in [4.78, 5) is 24.4. The Hall–Kier alpha value is -1.10. The van der Waals surface area contributed by atoms with E-state index in [0.29, 0.717) is 25.3 Å². The van der Waals surface area contributed by atoms with E-state index in [1.54, 1.807) is 19.0 Å². The minimum atomic E-state index is 0.0497. The van der Waals surface area contributed by atoms with Crippen LogP contribution < -0.4 is 10.6 Å². The van der Waals surface area contributed by atoms with Gasteiger partial charge in [-0.3, -0.25) is 9.59 Å². The maximum Gasteiger partial charge on any atom is 0.223 e. The van der Waals surface area contributed by atoms with Crippen LogP contribution >= 0.6 is 0 Å². The van der Waals surface area contributed by atoms with Crippen LogP contribution in [-0.2, 0) is 9.59 Å². The molecule has 5 nitrogen and oxygen atoms in total. The van der Waals surface area contributed by atoms with Crippen LogP contribution in [0.2, 0.25) is 0 Å². The first-order valence-electron chi connectivity index (χ1n) is 6.77. The molecule has 0 aromatic heterocycles. The Morgan fingerprint density at radius 3 is 2.50 bits per heavy atom. The molecule has 0 spiro atoms. The maximum absolute atomic E-state index is 11.6. The van der Waals surface area contributed by atoms with Gasteiger partial charge >= 0.3 is 0 Å². The van der Waals surface area contributed by atoms with Crippen molar-refractivity contribution in [2.24, 2.45) is 5.92 Å². The van der Waals surface area contributed by atoms with Crippen molar-refractivity contribution in [2.45, 2.75) is 32.1 Å². The summed E-state index contributed by atoms with van der Waals surface area (Å²) in [5.74, 6) is 0.800. The summed E-state index contributed by atoms with van der Waals surface area (Å²) in [7, 11) is 3.45. The third kappa shape index (κ3) is 6.00. The van der Waals surface area contributed by atoms with Gasteiger partial charge in [0.25, 0.3) is 0 Å². The van der Waals surface area contributed by atoms with Gasteiger partial charge in [-0.15, -0.1) is 0 Å². The summed E-state index contributed by atoms with van der Waals surface area (Å²) in [6.45, 7) is 2.59. The molecule has 18 heavy (non-hydrogen) atoms. The van der Waals surface area contributed by atoms with Gasteiger partial charge in [-0.25, -0.2) is 0 Å². The minimum absolute atomic E-state index is 0.0497. The van der Waals surface area contributed by atoms with Crippen LogP contribution in [0.3, 0.4) is 0 Å². The van der Waals surface area contributed by atoms with E-state index >= 15 is 0 Å². The highest BCUT2D eigenvalue weighted by Crippen LogP contribution is 2.17. The van der Waals surface area contributed by atoms with Crippen molar-refractivity contribution >= 4 is 11.8 Å². The number of nitrogens with zero attached hydrogens (tertiary/aromatic N) is 1. The number of amides is 2. The second-order valence-electron chi connectivity index (χ2n) is 5.12. The Balaban J connectivity index is 2.04. The molecule has 1 aliphatic rings. The lowest BCUT2D eigenvalue weighted by molar-refractivity contribution is -0.128. The van der Waals surface area contributed by atoms with E-state index in [1.807, 2.05) is 0 Å². The molecule has 0 saturated carbocycles. The predicted molar refractivity (Wildman–Crippen MR) is 71.1 cm³/mol. The monoisotopic (exact) mass is 255 g/mol. The highest BCUT2D eigenvalue weighted by Gasteiger charge is 2.14. The molecular formula is C13H25N3O2. The first-order valence-corrected chi connectivity index (χ1v) is 6.77. The lowest BCUT2D eigenvalue weighted by atomic mass is 9.93.